The molecule has 0 rings (SSSR count). The van der Waals surface area contributed by atoms with Crippen LogP contribution in [0.15, 0.2) is 0 Å². The predicted molar refractivity (Wildman–Crippen MR) is 63.3 cm³/mol. The molecule has 0 radical (unpaired) electrons. The average Bonchev–Trinajstić information content (AvgIpc) is 2.17. The van der Waals surface area contributed by atoms with Gasteiger partial charge in [-0.2, -0.15) is 0 Å². The van der Waals surface area contributed by atoms with E-state index in [1.54, 1.807) is 14.2 Å². The van der Waals surface area contributed by atoms with E-state index >= 15 is 0 Å². The van der Waals surface area contributed by atoms with E-state index in [4.69, 9.17) is 8.85 Å². The Morgan fingerprint density at radius 2 is 1.77 bits per heavy atom. The highest BCUT2D eigenvalue weighted by Crippen LogP contribution is 2.31. The lowest BCUT2D eigenvalue weighted by Crippen LogP contribution is -2.35. The van der Waals surface area contributed by atoms with Crippen LogP contribution in [0.4, 0.5) is 0 Å². The molecular formula is C9H23O2PSi. The van der Waals surface area contributed by atoms with Crippen molar-refractivity contribution in [1.29, 1.82) is 0 Å². The molecule has 0 aromatic carbocycles. The molecule has 0 spiro atoms. The first-order valence-electron chi connectivity index (χ1n) is 4.87. The molecule has 2 nitrogen and oxygen atoms in total. The van der Waals surface area contributed by atoms with Crippen LogP contribution in [-0.4, -0.2) is 41.8 Å². The molecule has 4 heteroatoms. The second kappa shape index (κ2) is 6.94. The Bertz CT molecular complexity index is 129. The van der Waals surface area contributed by atoms with Gasteiger partial charge < -0.3 is 8.85 Å². The summed E-state index contributed by atoms with van der Waals surface area (Å²) in [6.45, 7) is 6.78. The lowest BCUT2D eigenvalue weighted by molar-refractivity contribution is 0.249. The Balaban J connectivity index is 3.61. The van der Waals surface area contributed by atoms with E-state index in [1.165, 1.54) is 18.7 Å². The zero-order valence-electron chi connectivity index (χ0n) is 9.59. The van der Waals surface area contributed by atoms with Crippen LogP contribution in [0.3, 0.4) is 0 Å². The minimum Gasteiger partial charge on any atom is -0.398 e. The highest BCUT2D eigenvalue weighted by atomic mass is 31.1. The van der Waals surface area contributed by atoms with Crippen molar-refractivity contribution >= 4 is 16.5 Å². The third kappa shape index (κ3) is 5.79. The second-order valence-corrected chi connectivity index (χ2v) is 9.92. The minimum atomic E-state index is -1.77. The van der Waals surface area contributed by atoms with E-state index in [0.29, 0.717) is 0 Å². The summed E-state index contributed by atoms with van der Waals surface area (Å²) in [5, 5.41) is 0. The molecule has 0 aliphatic heterocycles. The Hall–Kier alpha value is 0.567. The quantitative estimate of drug-likeness (QED) is 0.487. The third-order valence-corrected chi connectivity index (χ3v) is 7.72. The van der Waals surface area contributed by atoms with Crippen LogP contribution in [0, 0.1) is 0 Å². The molecule has 0 aliphatic carbocycles. The van der Waals surface area contributed by atoms with Crippen molar-refractivity contribution in [2.45, 2.75) is 25.9 Å². The van der Waals surface area contributed by atoms with Crippen molar-refractivity contribution in [3.8, 4) is 0 Å². The summed E-state index contributed by atoms with van der Waals surface area (Å²) >= 11 is 0. The van der Waals surface area contributed by atoms with E-state index in [-0.39, 0.29) is 7.92 Å². The maximum atomic E-state index is 5.43. The maximum Gasteiger partial charge on any atom is 0.334 e. The molecule has 0 saturated heterocycles. The topological polar surface area (TPSA) is 18.5 Å². The monoisotopic (exact) mass is 222 g/mol. The summed E-state index contributed by atoms with van der Waals surface area (Å²) in [5.41, 5.74) is 0. The van der Waals surface area contributed by atoms with E-state index in [9.17, 15) is 0 Å². The standard InChI is InChI=1S/C9H23O2PSi/c1-6-12(4)8-7-9-13(5,10-2)11-3/h6-9H2,1-5H3. The molecule has 0 aliphatic rings. The Morgan fingerprint density at radius 1 is 1.23 bits per heavy atom. The molecule has 0 N–H and O–H groups in total. The summed E-state index contributed by atoms with van der Waals surface area (Å²) in [6, 6.07) is 1.13. The van der Waals surface area contributed by atoms with Gasteiger partial charge in [0.2, 0.25) is 0 Å². The largest absolute Gasteiger partial charge is 0.398 e. The molecule has 1 atom stereocenters. The van der Waals surface area contributed by atoms with Crippen molar-refractivity contribution < 1.29 is 8.85 Å². The number of rotatable bonds is 7. The fourth-order valence-electron chi connectivity index (χ4n) is 1.12. The van der Waals surface area contributed by atoms with Gasteiger partial charge in [0.15, 0.2) is 0 Å². The number of hydrogen-bond acceptors (Lipinski definition) is 2. The molecule has 0 saturated carbocycles. The van der Waals surface area contributed by atoms with Gasteiger partial charge in [-0.15, -0.1) is 7.92 Å². The van der Waals surface area contributed by atoms with Gasteiger partial charge in [0.25, 0.3) is 0 Å². The Morgan fingerprint density at radius 3 is 2.15 bits per heavy atom. The Kier molecular flexibility index (Phi) is 7.24. The first kappa shape index (κ1) is 13.6. The zero-order chi connectivity index (χ0) is 10.3. The maximum absolute atomic E-state index is 5.43. The van der Waals surface area contributed by atoms with E-state index in [1.807, 2.05) is 0 Å². The molecular weight excluding hydrogens is 199 g/mol. The first-order valence-corrected chi connectivity index (χ1v) is 9.55. The lowest BCUT2D eigenvalue weighted by atomic mass is 10.6. The van der Waals surface area contributed by atoms with Crippen molar-refractivity contribution in [3.05, 3.63) is 0 Å². The SMILES string of the molecule is CCP(C)CCC[Si](C)(OC)OC. The fraction of sp³-hybridized carbons (Fsp3) is 1.00. The molecule has 0 amide bonds. The lowest BCUT2D eigenvalue weighted by Gasteiger charge is -2.23. The van der Waals surface area contributed by atoms with Crippen molar-refractivity contribution in [2.24, 2.45) is 0 Å². The van der Waals surface area contributed by atoms with E-state index in [2.05, 4.69) is 20.1 Å². The van der Waals surface area contributed by atoms with Gasteiger partial charge in [-0.1, -0.05) is 6.92 Å². The van der Waals surface area contributed by atoms with Crippen molar-refractivity contribution in [1.82, 2.24) is 0 Å². The van der Waals surface area contributed by atoms with Crippen LogP contribution < -0.4 is 0 Å². The molecule has 0 bridgehead atoms. The zero-order valence-corrected chi connectivity index (χ0v) is 11.5. The van der Waals surface area contributed by atoms with Gasteiger partial charge in [-0.05, 0) is 38.0 Å². The molecule has 80 valence electrons. The molecule has 13 heavy (non-hydrogen) atoms. The highest BCUT2D eigenvalue weighted by molar-refractivity contribution is 7.56. The first-order chi connectivity index (χ1) is 6.08. The molecule has 0 heterocycles. The molecule has 0 aromatic heterocycles. The van der Waals surface area contributed by atoms with Crippen LogP contribution in [0.2, 0.25) is 12.6 Å². The third-order valence-electron chi connectivity index (χ3n) is 2.57. The smallest absolute Gasteiger partial charge is 0.334 e. The fourth-order valence-corrected chi connectivity index (χ4v) is 3.82. The highest BCUT2D eigenvalue weighted by Gasteiger charge is 2.27. The predicted octanol–water partition coefficient (Wildman–Crippen LogP) is 2.87. The van der Waals surface area contributed by atoms with Crippen LogP contribution in [0.25, 0.3) is 0 Å². The summed E-state index contributed by atoms with van der Waals surface area (Å²) in [5.74, 6) is 0. The summed E-state index contributed by atoms with van der Waals surface area (Å²) < 4.78 is 10.9. The van der Waals surface area contributed by atoms with E-state index < -0.39 is 8.56 Å². The van der Waals surface area contributed by atoms with Gasteiger partial charge in [0.1, 0.15) is 0 Å². The van der Waals surface area contributed by atoms with Gasteiger partial charge in [0, 0.05) is 14.2 Å². The molecule has 0 fully saturated rings. The van der Waals surface area contributed by atoms with Gasteiger partial charge in [-0.25, -0.2) is 0 Å². The minimum absolute atomic E-state index is 0.270. The van der Waals surface area contributed by atoms with Crippen LogP contribution in [0.1, 0.15) is 13.3 Å². The van der Waals surface area contributed by atoms with Crippen LogP contribution in [0.5, 0.6) is 0 Å². The number of hydrogen-bond donors (Lipinski definition) is 0. The van der Waals surface area contributed by atoms with Gasteiger partial charge in [0.05, 0.1) is 0 Å². The summed E-state index contributed by atoms with van der Waals surface area (Å²) in [4.78, 5) is 0. The van der Waals surface area contributed by atoms with Crippen molar-refractivity contribution in [3.63, 3.8) is 0 Å². The van der Waals surface area contributed by atoms with E-state index in [0.717, 1.165) is 6.04 Å². The summed E-state index contributed by atoms with van der Waals surface area (Å²) in [6.07, 6.45) is 3.97. The molecule has 0 aromatic rings. The average molecular weight is 222 g/mol. The normalized spacial score (nSPS) is 14.5. The van der Waals surface area contributed by atoms with Crippen molar-refractivity contribution in [2.75, 3.05) is 33.2 Å². The van der Waals surface area contributed by atoms with Gasteiger partial charge in [-0.3, -0.25) is 0 Å². The molecule has 1 unspecified atom stereocenters. The van der Waals surface area contributed by atoms with Crippen LogP contribution in [-0.2, 0) is 8.85 Å². The van der Waals surface area contributed by atoms with Crippen LogP contribution >= 0.6 is 7.92 Å². The van der Waals surface area contributed by atoms with Gasteiger partial charge >= 0.3 is 8.56 Å². The summed E-state index contributed by atoms with van der Waals surface area (Å²) in [7, 11) is 2.04. The second-order valence-electron chi connectivity index (χ2n) is 3.54. The Labute approximate surface area is 85.0 Å².